The number of nitrogens with zero attached hydrogens (tertiary/aromatic N) is 1. The molecule has 0 amide bonds. The van der Waals surface area contributed by atoms with Crippen LogP contribution in [0.1, 0.15) is 49.2 Å². The Morgan fingerprint density at radius 3 is 1.91 bits per heavy atom. The number of carboxylic acid groups (broad SMARTS) is 1. The molecule has 0 aromatic heterocycles. The van der Waals surface area contributed by atoms with E-state index in [0.29, 0.717) is 11.3 Å². The highest BCUT2D eigenvalue weighted by molar-refractivity contribution is 7.92. The number of carboxylic acids is 1. The predicted octanol–water partition coefficient (Wildman–Crippen LogP) is 5.87. The van der Waals surface area contributed by atoms with Gasteiger partial charge in [-0.25, -0.2) is 13.2 Å². The first kappa shape index (κ1) is 23.5. The molecule has 0 fully saturated rings. The lowest BCUT2D eigenvalue weighted by Gasteiger charge is -2.23. The molecule has 6 heteroatoms. The minimum Gasteiger partial charge on any atom is -0.478 e. The standard InChI is InChI=1S/C26H29NO4S/c1-6-27(32(30,31)23-16-7-18(2)24(17-23)25(28)29)22-14-10-20(11-15-22)19-8-12-21(13-9-19)26(3,4)5/h7-17H,6H2,1-5H3,(H,28,29). The molecule has 0 aliphatic heterocycles. The fourth-order valence-electron chi connectivity index (χ4n) is 3.59. The van der Waals surface area contributed by atoms with Gasteiger partial charge in [-0.3, -0.25) is 4.31 Å². The van der Waals surface area contributed by atoms with Crippen LogP contribution in [-0.2, 0) is 15.4 Å². The molecular weight excluding hydrogens is 422 g/mol. The van der Waals surface area contributed by atoms with E-state index in [1.807, 2.05) is 12.1 Å². The first-order chi connectivity index (χ1) is 14.9. The van der Waals surface area contributed by atoms with E-state index in [1.165, 1.54) is 28.1 Å². The van der Waals surface area contributed by atoms with Crippen molar-refractivity contribution in [2.75, 3.05) is 10.8 Å². The number of hydrogen-bond donors (Lipinski definition) is 1. The van der Waals surface area contributed by atoms with Crippen molar-refractivity contribution in [1.82, 2.24) is 0 Å². The summed E-state index contributed by atoms with van der Waals surface area (Å²) in [5.41, 5.74) is 4.40. The van der Waals surface area contributed by atoms with Crippen molar-refractivity contribution in [3.05, 3.63) is 83.4 Å². The zero-order valence-electron chi connectivity index (χ0n) is 19.1. The molecule has 32 heavy (non-hydrogen) atoms. The molecule has 0 aliphatic rings. The molecule has 3 aromatic carbocycles. The van der Waals surface area contributed by atoms with E-state index in [2.05, 4.69) is 45.0 Å². The fraction of sp³-hybridized carbons (Fsp3) is 0.269. The van der Waals surface area contributed by atoms with Gasteiger partial charge in [0, 0.05) is 6.54 Å². The average Bonchev–Trinajstić information content (AvgIpc) is 2.74. The lowest BCUT2D eigenvalue weighted by molar-refractivity contribution is 0.0696. The van der Waals surface area contributed by atoms with E-state index in [-0.39, 0.29) is 22.4 Å². The highest BCUT2D eigenvalue weighted by Crippen LogP contribution is 2.30. The number of rotatable bonds is 6. The van der Waals surface area contributed by atoms with Crippen molar-refractivity contribution in [1.29, 1.82) is 0 Å². The molecule has 0 saturated heterocycles. The summed E-state index contributed by atoms with van der Waals surface area (Å²) in [5.74, 6) is -1.15. The third-order valence-corrected chi connectivity index (χ3v) is 7.45. The molecule has 3 aromatic rings. The maximum Gasteiger partial charge on any atom is 0.335 e. The number of hydrogen-bond acceptors (Lipinski definition) is 3. The second-order valence-electron chi connectivity index (χ2n) is 8.83. The molecule has 3 rings (SSSR count). The molecule has 168 valence electrons. The van der Waals surface area contributed by atoms with Crippen molar-refractivity contribution >= 4 is 21.7 Å². The lowest BCUT2D eigenvalue weighted by Crippen LogP contribution is -2.31. The average molecular weight is 452 g/mol. The van der Waals surface area contributed by atoms with Gasteiger partial charge in [-0.1, -0.05) is 63.2 Å². The molecule has 0 unspecified atom stereocenters. The van der Waals surface area contributed by atoms with E-state index < -0.39 is 16.0 Å². The molecular formula is C26H29NO4S. The van der Waals surface area contributed by atoms with Gasteiger partial charge in [-0.05, 0) is 65.8 Å². The molecule has 0 spiro atoms. The van der Waals surface area contributed by atoms with Crippen molar-refractivity contribution in [2.45, 2.75) is 44.9 Å². The van der Waals surface area contributed by atoms with E-state index in [0.717, 1.165) is 11.1 Å². The highest BCUT2D eigenvalue weighted by Gasteiger charge is 2.25. The summed E-state index contributed by atoms with van der Waals surface area (Å²) < 4.78 is 27.8. The molecule has 0 aliphatic carbocycles. The minimum absolute atomic E-state index is 0.0174. The smallest absolute Gasteiger partial charge is 0.335 e. The second kappa shape index (κ2) is 8.79. The zero-order valence-corrected chi connectivity index (χ0v) is 19.9. The molecule has 5 nitrogen and oxygen atoms in total. The first-order valence-corrected chi connectivity index (χ1v) is 12.0. The second-order valence-corrected chi connectivity index (χ2v) is 10.7. The van der Waals surface area contributed by atoms with Crippen LogP contribution >= 0.6 is 0 Å². The number of anilines is 1. The lowest BCUT2D eigenvalue weighted by atomic mass is 9.86. The van der Waals surface area contributed by atoms with Crippen LogP contribution in [0, 0.1) is 6.92 Å². The van der Waals surface area contributed by atoms with Crippen LogP contribution in [0.5, 0.6) is 0 Å². The van der Waals surface area contributed by atoms with Crippen LogP contribution in [0.25, 0.3) is 11.1 Å². The molecule has 0 atom stereocenters. The summed E-state index contributed by atoms with van der Waals surface area (Å²) in [5, 5.41) is 9.36. The first-order valence-electron chi connectivity index (χ1n) is 10.5. The Morgan fingerprint density at radius 1 is 0.906 bits per heavy atom. The number of carbonyl (C=O) groups is 1. The number of aryl methyl sites for hydroxylation is 1. The molecule has 0 radical (unpaired) electrons. The summed E-state index contributed by atoms with van der Waals surface area (Å²) in [6.07, 6.45) is 0. The Kier molecular flexibility index (Phi) is 6.46. The Balaban J connectivity index is 1.93. The third-order valence-electron chi connectivity index (χ3n) is 5.55. The molecule has 0 saturated carbocycles. The van der Waals surface area contributed by atoms with Gasteiger partial charge in [-0.2, -0.15) is 0 Å². The number of aromatic carboxylic acids is 1. The van der Waals surface area contributed by atoms with Gasteiger partial charge in [0.15, 0.2) is 0 Å². The van der Waals surface area contributed by atoms with Crippen molar-refractivity contribution in [3.63, 3.8) is 0 Å². The summed E-state index contributed by atoms with van der Waals surface area (Å²) in [6.45, 7) is 10.1. The Morgan fingerprint density at radius 2 is 1.44 bits per heavy atom. The largest absolute Gasteiger partial charge is 0.478 e. The monoisotopic (exact) mass is 451 g/mol. The van der Waals surface area contributed by atoms with E-state index in [9.17, 15) is 18.3 Å². The Labute approximate surface area is 190 Å². The molecule has 1 N–H and O–H groups in total. The quantitative estimate of drug-likeness (QED) is 0.508. The van der Waals surface area contributed by atoms with Gasteiger partial charge in [0.25, 0.3) is 10.0 Å². The minimum atomic E-state index is -3.91. The van der Waals surface area contributed by atoms with Gasteiger partial charge in [0.1, 0.15) is 0 Å². The normalized spacial score (nSPS) is 11.9. The summed E-state index contributed by atoms with van der Waals surface area (Å²) in [4.78, 5) is 11.4. The van der Waals surface area contributed by atoms with Gasteiger partial charge in [-0.15, -0.1) is 0 Å². The highest BCUT2D eigenvalue weighted by atomic mass is 32.2. The van der Waals surface area contributed by atoms with Crippen molar-refractivity contribution in [2.24, 2.45) is 0 Å². The number of benzene rings is 3. The Bertz CT molecular complexity index is 1220. The van der Waals surface area contributed by atoms with Crippen LogP contribution in [-0.4, -0.2) is 26.0 Å². The maximum absolute atomic E-state index is 13.3. The van der Waals surface area contributed by atoms with Crippen molar-refractivity contribution < 1.29 is 18.3 Å². The van der Waals surface area contributed by atoms with E-state index in [1.54, 1.807) is 26.0 Å². The molecule has 0 heterocycles. The van der Waals surface area contributed by atoms with Crippen molar-refractivity contribution in [3.8, 4) is 11.1 Å². The third kappa shape index (κ3) is 4.70. The van der Waals surface area contributed by atoms with Crippen LogP contribution in [0.4, 0.5) is 5.69 Å². The van der Waals surface area contributed by atoms with E-state index in [4.69, 9.17) is 0 Å². The van der Waals surface area contributed by atoms with Gasteiger partial charge >= 0.3 is 5.97 Å². The Hall–Kier alpha value is -3.12. The summed E-state index contributed by atoms with van der Waals surface area (Å²) in [7, 11) is -3.91. The maximum atomic E-state index is 13.3. The topological polar surface area (TPSA) is 74.7 Å². The summed E-state index contributed by atoms with van der Waals surface area (Å²) in [6, 6.07) is 19.9. The van der Waals surface area contributed by atoms with Crippen LogP contribution in [0.3, 0.4) is 0 Å². The molecule has 0 bridgehead atoms. The summed E-state index contributed by atoms with van der Waals surface area (Å²) >= 11 is 0. The fourth-order valence-corrected chi connectivity index (χ4v) is 5.09. The van der Waals surface area contributed by atoms with Gasteiger partial charge in [0.05, 0.1) is 16.1 Å². The van der Waals surface area contributed by atoms with E-state index >= 15 is 0 Å². The van der Waals surface area contributed by atoms with Gasteiger partial charge < -0.3 is 5.11 Å². The van der Waals surface area contributed by atoms with Gasteiger partial charge in [0.2, 0.25) is 0 Å². The number of sulfonamides is 1. The SMILES string of the molecule is CCN(c1ccc(-c2ccc(C(C)(C)C)cc2)cc1)S(=O)(=O)c1ccc(C)c(C(=O)O)c1. The van der Waals surface area contributed by atoms with Crippen LogP contribution in [0.2, 0.25) is 0 Å². The van der Waals surface area contributed by atoms with Crippen LogP contribution < -0.4 is 4.31 Å². The predicted molar refractivity (Wildman–Crippen MR) is 129 cm³/mol. The van der Waals surface area contributed by atoms with Crippen LogP contribution in [0.15, 0.2) is 71.6 Å². The zero-order chi connectivity index (χ0) is 23.7.